The minimum absolute atomic E-state index is 0.0729. The molecule has 5 rings (SSSR count). The lowest BCUT2D eigenvalue weighted by molar-refractivity contribution is -0.00465. The van der Waals surface area contributed by atoms with Crippen LogP contribution in [0.2, 0.25) is 0 Å². The van der Waals surface area contributed by atoms with Gasteiger partial charge in [0.15, 0.2) is 0 Å². The third kappa shape index (κ3) is 5.50. The summed E-state index contributed by atoms with van der Waals surface area (Å²) in [5.41, 5.74) is 2.28. The van der Waals surface area contributed by atoms with Crippen LogP contribution in [0.5, 0.6) is 0 Å². The van der Waals surface area contributed by atoms with Gasteiger partial charge in [-0.25, -0.2) is 14.5 Å². The number of benzene rings is 1. The number of aromatic nitrogens is 3. The number of aryl methyl sites for hydroxylation is 1. The highest BCUT2D eigenvalue weighted by Crippen LogP contribution is 2.24. The van der Waals surface area contributed by atoms with Crippen molar-refractivity contribution in [2.45, 2.75) is 6.10 Å². The summed E-state index contributed by atoms with van der Waals surface area (Å²) >= 11 is 0. The summed E-state index contributed by atoms with van der Waals surface area (Å²) in [5.74, 6) is 0.316. The summed E-state index contributed by atoms with van der Waals surface area (Å²) in [4.78, 5) is 45.6. The first-order valence-corrected chi connectivity index (χ1v) is 12.3. The quantitative estimate of drug-likeness (QED) is 0.505. The molecule has 0 unspecified atom stereocenters. The van der Waals surface area contributed by atoms with Crippen LogP contribution >= 0.6 is 0 Å². The average Bonchev–Trinajstić information content (AvgIpc) is 2.91. The number of morpholine rings is 1. The van der Waals surface area contributed by atoms with Crippen molar-refractivity contribution >= 4 is 29.1 Å². The predicted molar refractivity (Wildman–Crippen MR) is 141 cm³/mol. The summed E-state index contributed by atoms with van der Waals surface area (Å²) in [7, 11) is 3.20. The van der Waals surface area contributed by atoms with Gasteiger partial charge in [0.05, 0.1) is 43.7 Å². The maximum atomic E-state index is 12.8. The number of hydrogen-bond acceptors (Lipinski definition) is 8. The van der Waals surface area contributed by atoms with Gasteiger partial charge in [0.25, 0.3) is 11.5 Å². The van der Waals surface area contributed by atoms with E-state index in [2.05, 4.69) is 20.7 Å². The van der Waals surface area contributed by atoms with E-state index in [9.17, 15) is 14.4 Å². The smallest absolute Gasteiger partial charge is 0.322 e. The van der Waals surface area contributed by atoms with Gasteiger partial charge in [-0.05, 0) is 30.3 Å². The summed E-state index contributed by atoms with van der Waals surface area (Å²) in [5, 5.41) is 10.3. The summed E-state index contributed by atoms with van der Waals surface area (Å²) < 4.78 is 11.8. The van der Waals surface area contributed by atoms with Gasteiger partial charge in [-0.3, -0.25) is 9.59 Å². The molecule has 12 nitrogen and oxygen atoms in total. The number of carbonyl (C=O) groups is 2. The number of likely N-dealkylation sites (tertiary alicyclic amines) is 1. The number of nitrogens with zero attached hydrogens (tertiary/aromatic N) is 5. The zero-order valence-electron chi connectivity index (χ0n) is 21.2. The van der Waals surface area contributed by atoms with Gasteiger partial charge >= 0.3 is 6.03 Å². The zero-order chi connectivity index (χ0) is 26.6. The summed E-state index contributed by atoms with van der Waals surface area (Å²) in [6.07, 6.45) is 1.56. The fraction of sp³-hybridized carbons (Fsp3) is 0.346. The molecule has 0 bridgehead atoms. The monoisotopic (exact) mass is 519 g/mol. The van der Waals surface area contributed by atoms with Gasteiger partial charge in [-0.1, -0.05) is 12.1 Å². The minimum atomic E-state index is -0.334. The fourth-order valence-corrected chi connectivity index (χ4v) is 4.23. The van der Waals surface area contributed by atoms with E-state index >= 15 is 0 Å². The Morgan fingerprint density at radius 3 is 2.58 bits per heavy atom. The second-order valence-electron chi connectivity index (χ2n) is 9.11. The van der Waals surface area contributed by atoms with Crippen LogP contribution in [0.15, 0.2) is 53.5 Å². The average molecular weight is 520 g/mol. The molecule has 2 aliphatic heterocycles. The number of hydrogen-bond donors (Lipinski definition) is 2. The molecule has 0 spiro atoms. The van der Waals surface area contributed by atoms with Crippen molar-refractivity contribution in [3.8, 4) is 11.3 Å². The molecule has 12 heteroatoms. The largest absolute Gasteiger partial charge is 0.378 e. The highest BCUT2D eigenvalue weighted by molar-refractivity contribution is 5.94. The van der Waals surface area contributed by atoms with Crippen molar-refractivity contribution < 1.29 is 19.1 Å². The number of methoxy groups -OCH3 is 1. The molecule has 2 aliphatic rings. The van der Waals surface area contributed by atoms with Crippen molar-refractivity contribution in [3.05, 3.63) is 64.6 Å². The van der Waals surface area contributed by atoms with Crippen LogP contribution in [0.1, 0.15) is 10.4 Å². The van der Waals surface area contributed by atoms with E-state index in [-0.39, 0.29) is 29.3 Å². The van der Waals surface area contributed by atoms with Gasteiger partial charge in [0.2, 0.25) is 0 Å². The molecule has 2 fully saturated rings. The van der Waals surface area contributed by atoms with Crippen molar-refractivity contribution in [1.82, 2.24) is 24.6 Å². The Morgan fingerprint density at radius 1 is 1.08 bits per heavy atom. The molecule has 0 atom stereocenters. The molecule has 4 heterocycles. The molecule has 2 N–H and O–H groups in total. The van der Waals surface area contributed by atoms with Crippen LogP contribution in [0.3, 0.4) is 0 Å². The Morgan fingerprint density at radius 2 is 1.87 bits per heavy atom. The van der Waals surface area contributed by atoms with Crippen LogP contribution in [0, 0.1) is 0 Å². The molecule has 38 heavy (non-hydrogen) atoms. The topological polar surface area (TPSA) is 131 Å². The summed E-state index contributed by atoms with van der Waals surface area (Å²) in [6.45, 7) is 3.24. The van der Waals surface area contributed by atoms with Gasteiger partial charge in [-0.2, -0.15) is 5.10 Å². The van der Waals surface area contributed by atoms with E-state index in [1.54, 1.807) is 54.3 Å². The van der Waals surface area contributed by atoms with E-state index in [0.29, 0.717) is 62.2 Å². The van der Waals surface area contributed by atoms with Gasteiger partial charge in [0, 0.05) is 44.7 Å². The van der Waals surface area contributed by atoms with Crippen molar-refractivity contribution in [2.75, 3.05) is 57.1 Å². The number of nitrogens with one attached hydrogen (secondary N) is 2. The first-order chi connectivity index (χ1) is 18.4. The number of anilines is 3. The molecule has 1 aromatic carbocycles. The van der Waals surface area contributed by atoms with Crippen LogP contribution < -0.4 is 16.2 Å². The molecular weight excluding hydrogens is 490 g/mol. The van der Waals surface area contributed by atoms with E-state index in [1.807, 2.05) is 12.1 Å². The van der Waals surface area contributed by atoms with Crippen molar-refractivity contribution in [3.63, 3.8) is 0 Å². The van der Waals surface area contributed by atoms with Crippen LogP contribution in [0.4, 0.5) is 22.0 Å². The lowest BCUT2D eigenvalue weighted by Gasteiger charge is -2.37. The Balaban J connectivity index is 1.30. The number of amides is 3. The Labute approximate surface area is 219 Å². The fourth-order valence-electron chi connectivity index (χ4n) is 4.23. The zero-order valence-corrected chi connectivity index (χ0v) is 21.2. The first-order valence-electron chi connectivity index (χ1n) is 12.3. The van der Waals surface area contributed by atoms with Gasteiger partial charge < -0.3 is 29.9 Å². The predicted octanol–water partition coefficient (Wildman–Crippen LogP) is 1.92. The van der Waals surface area contributed by atoms with Gasteiger partial charge in [-0.15, -0.1) is 0 Å². The van der Waals surface area contributed by atoms with Crippen LogP contribution in [-0.4, -0.2) is 89.1 Å². The number of rotatable bonds is 6. The van der Waals surface area contributed by atoms with E-state index in [1.165, 1.54) is 10.9 Å². The first kappa shape index (κ1) is 25.4. The molecule has 2 saturated heterocycles. The second-order valence-corrected chi connectivity index (χ2v) is 9.11. The van der Waals surface area contributed by atoms with E-state index in [4.69, 9.17) is 9.47 Å². The van der Waals surface area contributed by atoms with E-state index < -0.39 is 0 Å². The maximum absolute atomic E-state index is 12.8. The molecular formula is C26H29N7O5. The molecule has 198 valence electrons. The third-order valence-electron chi connectivity index (χ3n) is 6.51. The number of urea groups is 1. The van der Waals surface area contributed by atoms with Crippen molar-refractivity contribution in [1.29, 1.82) is 0 Å². The molecule has 2 aromatic heterocycles. The lowest BCUT2D eigenvalue weighted by atomic mass is 10.1. The SMILES string of the molecule is COC1CN(C(=O)Nc2cccc(-c3cc(Nc4ccc(C(=O)N5CCOCC5)cn4)c(=O)n(C)n3)c2)C1. The number of carbonyl (C=O) groups excluding carboxylic acids is 2. The highest BCUT2D eigenvalue weighted by atomic mass is 16.5. The van der Waals surface area contributed by atoms with Crippen LogP contribution in [0.25, 0.3) is 11.3 Å². The molecule has 3 aromatic rings. The lowest BCUT2D eigenvalue weighted by Crippen LogP contribution is -2.55. The standard InChI is InChI=1S/C26H29N7O5/c1-31-25(35)22(29-23-7-6-18(14-27-23)24(34)32-8-10-38-11-9-32)13-21(30-31)17-4-3-5-19(12-17)28-26(36)33-15-20(16-33)37-2/h3-7,12-14,20H,8-11,15-16H2,1-2H3,(H,27,29)(H,28,36). The Hall–Kier alpha value is -4.29. The Kier molecular flexibility index (Phi) is 7.33. The Bertz CT molecular complexity index is 1380. The number of pyridine rings is 1. The van der Waals surface area contributed by atoms with Crippen LogP contribution in [-0.2, 0) is 16.5 Å². The molecule has 3 amide bonds. The van der Waals surface area contributed by atoms with E-state index in [0.717, 1.165) is 5.56 Å². The summed E-state index contributed by atoms with van der Waals surface area (Å²) in [6, 6.07) is 12.0. The normalized spacial score (nSPS) is 15.6. The van der Waals surface area contributed by atoms with Gasteiger partial charge in [0.1, 0.15) is 11.5 Å². The molecule has 0 aliphatic carbocycles. The number of ether oxygens (including phenoxy) is 2. The third-order valence-corrected chi connectivity index (χ3v) is 6.51. The second kappa shape index (κ2) is 11.0. The van der Waals surface area contributed by atoms with Crippen molar-refractivity contribution in [2.24, 2.45) is 7.05 Å². The minimum Gasteiger partial charge on any atom is -0.378 e. The highest BCUT2D eigenvalue weighted by Gasteiger charge is 2.30. The molecule has 0 saturated carbocycles. The maximum Gasteiger partial charge on any atom is 0.322 e. The molecule has 0 radical (unpaired) electrons.